The lowest BCUT2D eigenvalue weighted by atomic mass is 9.83. The number of nitrogens with one attached hydrogen (secondary N) is 1. The second kappa shape index (κ2) is 9.88. The predicted molar refractivity (Wildman–Crippen MR) is 109 cm³/mol. The Balaban J connectivity index is 0.000000423. The maximum atomic E-state index is 12.4. The Hall–Kier alpha value is -2.30. The summed E-state index contributed by atoms with van der Waals surface area (Å²) in [5.74, 6) is -1.07. The second-order valence-corrected chi connectivity index (χ2v) is 8.36. The van der Waals surface area contributed by atoms with Gasteiger partial charge in [-0.2, -0.15) is 13.2 Å². The number of aliphatic carboxylic acids is 1. The Bertz CT molecular complexity index is 771. The second-order valence-electron chi connectivity index (χ2n) is 8.36. The summed E-state index contributed by atoms with van der Waals surface area (Å²) in [6.45, 7) is 14.1. The molecule has 0 radical (unpaired) electrons. The van der Waals surface area contributed by atoms with Crippen molar-refractivity contribution in [3.63, 3.8) is 0 Å². The first-order valence-corrected chi connectivity index (χ1v) is 10.5. The van der Waals surface area contributed by atoms with E-state index in [-0.39, 0.29) is 11.6 Å². The Kier molecular flexibility index (Phi) is 7.96. The minimum Gasteiger partial charge on any atom is -0.475 e. The molecule has 3 rings (SSSR count). The van der Waals surface area contributed by atoms with Crippen molar-refractivity contribution in [3.05, 3.63) is 17.7 Å². The van der Waals surface area contributed by atoms with E-state index in [2.05, 4.69) is 42.5 Å². The Morgan fingerprint density at radius 1 is 1.23 bits per heavy atom. The number of likely N-dealkylation sites (tertiary alicyclic amines) is 1. The lowest BCUT2D eigenvalue weighted by molar-refractivity contribution is -0.192. The summed E-state index contributed by atoms with van der Waals surface area (Å²) in [5, 5.41) is 10.2. The van der Waals surface area contributed by atoms with Crippen LogP contribution in [0.3, 0.4) is 0 Å². The van der Waals surface area contributed by atoms with E-state index in [1.165, 1.54) is 11.5 Å². The molecule has 1 aromatic heterocycles. The highest BCUT2D eigenvalue weighted by Gasteiger charge is 2.46. The summed E-state index contributed by atoms with van der Waals surface area (Å²) in [6, 6.07) is 0.0805. The molecule has 1 saturated heterocycles. The number of hydrogen-bond acceptors (Lipinski definition) is 4. The number of imidazole rings is 1. The zero-order chi connectivity index (χ0) is 23.4. The van der Waals surface area contributed by atoms with E-state index >= 15 is 0 Å². The minimum absolute atomic E-state index is 0.00388. The number of nitrogens with zero attached hydrogens (tertiary/aromatic N) is 4. The van der Waals surface area contributed by atoms with Crippen molar-refractivity contribution in [1.82, 2.24) is 24.7 Å². The molecule has 0 aliphatic carbocycles. The summed E-state index contributed by atoms with van der Waals surface area (Å²) in [6.07, 6.45) is -1.16. The van der Waals surface area contributed by atoms with E-state index in [0.717, 1.165) is 52.1 Å². The lowest BCUT2D eigenvalue weighted by Crippen LogP contribution is -2.59. The molecule has 0 aromatic carbocycles. The molecule has 2 N–H and O–H groups in total. The molecule has 1 aromatic rings. The Labute approximate surface area is 180 Å². The molecule has 1 fully saturated rings. The number of halogens is 3. The van der Waals surface area contributed by atoms with Crippen LogP contribution in [0.2, 0.25) is 0 Å². The van der Waals surface area contributed by atoms with Crippen LogP contribution in [-0.4, -0.2) is 75.4 Å². The fourth-order valence-electron chi connectivity index (χ4n) is 4.17. The van der Waals surface area contributed by atoms with Gasteiger partial charge in [-0.15, -0.1) is 0 Å². The number of aryl methyl sites for hydroxylation is 1. The minimum atomic E-state index is -5.08. The van der Waals surface area contributed by atoms with Gasteiger partial charge in [-0.3, -0.25) is 4.90 Å². The smallest absolute Gasteiger partial charge is 0.475 e. The van der Waals surface area contributed by atoms with E-state index in [4.69, 9.17) is 14.9 Å². The molecule has 8 nitrogen and oxygen atoms in total. The summed E-state index contributed by atoms with van der Waals surface area (Å²) in [4.78, 5) is 30.5. The molecule has 0 atom stereocenters. The summed E-state index contributed by atoms with van der Waals surface area (Å²) in [5.41, 5.74) is 1.24. The van der Waals surface area contributed by atoms with Gasteiger partial charge in [0.2, 0.25) is 0 Å². The molecule has 11 heteroatoms. The van der Waals surface area contributed by atoms with Gasteiger partial charge in [0, 0.05) is 44.6 Å². The van der Waals surface area contributed by atoms with Crippen LogP contribution in [0.1, 0.15) is 45.1 Å². The first-order chi connectivity index (χ1) is 14.4. The first-order valence-electron chi connectivity index (χ1n) is 10.5. The number of urea groups is 1. The van der Waals surface area contributed by atoms with E-state index in [1.54, 1.807) is 0 Å². The third-order valence-corrected chi connectivity index (χ3v) is 5.83. The van der Waals surface area contributed by atoms with E-state index < -0.39 is 12.1 Å². The number of fused-ring (bicyclic) bond motifs is 2. The molecule has 1 spiro atoms. The number of alkyl halides is 3. The van der Waals surface area contributed by atoms with E-state index in [1.807, 2.05) is 11.1 Å². The van der Waals surface area contributed by atoms with Crippen LogP contribution in [0.5, 0.6) is 0 Å². The highest BCUT2D eigenvalue weighted by molar-refractivity contribution is 5.74. The van der Waals surface area contributed by atoms with Crippen molar-refractivity contribution in [2.75, 3.05) is 32.7 Å². The number of carboxylic acids is 1. The normalized spacial score (nSPS) is 18.4. The third kappa shape index (κ3) is 5.69. The zero-order valence-corrected chi connectivity index (χ0v) is 18.5. The SMILES string of the molecule is CCN1CCn2c(C)cnc2C12CCN(C(=O)NCC(C)C)CC2.O=C(O)C(F)(F)F. The fraction of sp³-hybridized carbons (Fsp3) is 0.750. The standard InChI is InChI=1S/C18H31N5O.C2HF3O2/c1-5-22-10-11-23-15(4)13-19-16(23)18(22)6-8-21(9-7-18)17(24)20-12-14(2)3;3-2(4,5)1(6)7/h13-14H,5-12H2,1-4H3,(H,20,24);(H,6,7). The molecule has 2 aliphatic heterocycles. The monoisotopic (exact) mass is 447 g/mol. The van der Waals surface area contributed by atoms with Gasteiger partial charge in [-0.25, -0.2) is 14.6 Å². The van der Waals surface area contributed by atoms with Gasteiger partial charge in [-0.05, 0) is 32.2 Å². The molecule has 3 heterocycles. The van der Waals surface area contributed by atoms with E-state index in [9.17, 15) is 18.0 Å². The molecule has 2 aliphatic rings. The Morgan fingerprint density at radius 2 is 1.81 bits per heavy atom. The third-order valence-electron chi connectivity index (χ3n) is 5.83. The average Bonchev–Trinajstić information content (AvgIpc) is 3.09. The van der Waals surface area contributed by atoms with Crippen LogP contribution in [-0.2, 0) is 16.9 Å². The quantitative estimate of drug-likeness (QED) is 0.744. The molecule has 0 saturated carbocycles. The molecule has 2 amide bonds. The van der Waals surface area contributed by atoms with Crippen molar-refractivity contribution in [3.8, 4) is 0 Å². The van der Waals surface area contributed by atoms with Crippen molar-refractivity contribution in [1.29, 1.82) is 0 Å². The number of likely N-dealkylation sites (N-methyl/N-ethyl adjacent to an activating group) is 1. The number of aromatic nitrogens is 2. The van der Waals surface area contributed by atoms with Crippen molar-refractivity contribution < 1.29 is 27.9 Å². The van der Waals surface area contributed by atoms with Gasteiger partial charge in [0.1, 0.15) is 5.82 Å². The van der Waals surface area contributed by atoms with Crippen LogP contribution in [0.25, 0.3) is 0 Å². The molecular weight excluding hydrogens is 415 g/mol. The summed E-state index contributed by atoms with van der Waals surface area (Å²) < 4.78 is 34.1. The fourth-order valence-corrected chi connectivity index (χ4v) is 4.17. The van der Waals surface area contributed by atoms with Crippen LogP contribution in [0.15, 0.2) is 6.20 Å². The number of hydrogen-bond donors (Lipinski definition) is 2. The predicted octanol–water partition coefficient (Wildman–Crippen LogP) is 2.82. The van der Waals surface area contributed by atoms with Crippen molar-refractivity contribution >= 4 is 12.0 Å². The Morgan fingerprint density at radius 3 is 2.29 bits per heavy atom. The van der Waals surface area contributed by atoms with Gasteiger partial charge >= 0.3 is 18.2 Å². The number of piperidine rings is 1. The van der Waals surface area contributed by atoms with Gasteiger partial charge in [-0.1, -0.05) is 20.8 Å². The summed E-state index contributed by atoms with van der Waals surface area (Å²) >= 11 is 0. The maximum absolute atomic E-state index is 12.4. The lowest BCUT2D eigenvalue weighted by Gasteiger charge is -2.50. The van der Waals surface area contributed by atoms with Crippen LogP contribution < -0.4 is 5.32 Å². The number of carbonyl (C=O) groups excluding carboxylic acids is 1. The van der Waals surface area contributed by atoms with E-state index in [0.29, 0.717) is 5.92 Å². The van der Waals surface area contributed by atoms with Gasteiger partial charge in [0.15, 0.2) is 0 Å². The first kappa shape index (κ1) is 25.0. The van der Waals surface area contributed by atoms with Crippen LogP contribution in [0.4, 0.5) is 18.0 Å². The van der Waals surface area contributed by atoms with Crippen LogP contribution in [0, 0.1) is 12.8 Å². The highest BCUT2D eigenvalue weighted by Crippen LogP contribution is 2.40. The summed E-state index contributed by atoms with van der Waals surface area (Å²) in [7, 11) is 0. The topological polar surface area (TPSA) is 90.7 Å². The van der Waals surface area contributed by atoms with Gasteiger partial charge in [0.05, 0.1) is 5.54 Å². The number of carboxylic acid groups (broad SMARTS) is 1. The zero-order valence-electron chi connectivity index (χ0n) is 18.5. The molecule has 0 unspecified atom stereocenters. The van der Waals surface area contributed by atoms with Crippen molar-refractivity contribution in [2.24, 2.45) is 5.92 Å². The number of carbonyl (C=O) groups is 2. The molecule has 0 bridgehead atoms. The highest BCUT2D eigenvalue weighted by atomic mass is 19.4. The van der Waals surface area contributed by atoms with Crippen molar-refractivity contribution in [2.45, 2.75) is 58.8 Å². The molecular formula is C20H32F3N5O3. The van der Waals surface area contributed by atoms with Crippen LogP contribution >= 0.6 is 0 Å². The van der Waals surface area contributed by atoms with Gasteiger partial charge < -0.3 is 19.9 Å². The maximum Gasteiger partial charge on any atom is 0.490 e. The molecule has 176 valence electrons. The number of amides is 2. The largest absolute Gasteiger partial charge is 0.490 e. The van der Waals surface area contributed by atoms with Gasteiger partial charge in [0.25, 0.3) is 0 Å². The number of rotatable bonds is 3. The molecule has 31 heavy (non-hydrogen) atoms. The average molecular weight is 448 g/mol.